The van der Waals surface area contributed by atoms with Crippen molar-refractivity contribution in [1.29, 1.82) is 0 Å². The third kappa shape index (κ3) is 7.79. The molecule has 0 aliphatic heterocycles. The summed E-state index contributed by atoms with van der Waals surface area (Å²) in [5.74, 6) is 2.07. The Balaban J connectivity index is 1.38. The summed E-state index contributed by atoms with van der Waals surface area (Å²) in [5.41, 5.74) is 0. The van der Waals surface area contributed by atoms with Gasteiger partial charge in [0.25, 0.3) is 0 Å². The van der Waals surface area contributed by atoms with Crippen LogP contribution in [0.1, 0.15) is 108 Å². The van der Waals surface area contributed by atoms with Crippen LogP contribution in [0, 0.1) is 13.8 Å². The van der Waals surface area contributed by atoms with E-state index in [-0.39, 0.29) is 0 Å². The minimum Gasteiger partial charge on any atom is -0.492 e. The molecule has 7 heteroatoms. The van der Waals surface area contributed by atoms with Crippen molar-refractivity contribution in [3.63, 3.8) is 0 Å². The molecule has 0 atom stereocenters. The average molecular weight is 707 g/mol. The highest BCUT2D eigenvalue weighted by Crippen LogP contribution is 2.51. The first-order valence-electron chi connectivity index (χ1n) is 17.9. The topological polar surface area (TPSA) is 27.7 Å². The molecule has 2 aromatic carbocycles. The van der Waals surface area contributed by atoms with Crippen LogP contribution in [0.25, 0.3) is 50.8 Å². The Bertz CT molecular complexity index is 1830. The fraction of sp³-hybridized carbons (Fsp3) is 0.500. The highest BCUT2D eigenvalue weighted by Gasteiger charge is 2.22. The van der Waals surface area contributed by atoms with Gasteiger partial charge in [0.15, 0.2) is 5.06 Å². The second kappa shape index (κ2) is 16.4. The van der Waals surface area contributed by atoms with E-state index in [4.69, 9.17) is 14.2 Å². The van der Waals surface area contributed by atoms with Gasteiger partial charge in [-0.3, -0.25) is 0 Å². The Morgan fingerprint density at radius 3 is 1.89 bits per heavy atom. The van der Waals surface area contributed by atoms with E-state index in [1.807, 2.05) is 34.0 Å². The molecule has 0 bridgehead atoms. The fourth-order valence-corrected chi connectivity index (χ4v) is 11.1. The average Bonchev–Trinajstić information content (AvgIpc) is 3.83. The first kappa shape index (κ1) is 34.5. The van der Waals surface area contributed by atoms with Crippen LogP contribution < -0.4 is 14.2 Å². The van der Waals surface area contributed by atoms with E-state index >= 15 is 0 Å². The van der Waals surface area contributed by atoms with Crippen LogP contribution >= 0.6 is 45.3 Å². The lowest BCUT2D eigenvalue weighted by Gasteiger charge is -2.16. The van der Waals surface area contributed by atoms with Crippen molar-refractivity contribution in [2.75, 3.05) is 19.8 Å². The number of fused-ring (bicyclic) bond motifs is 4. The second-order valence-corrected chi connectivity index (χ2v) is 17.3. The normalized spacial score (nSPS) is 11.9. The number of ether oxygens (including phenoxy) is 3. The van der Waals surface area contributed by atoms with Gasteiger partial charge in [0.1, 0.15) is 11.5 Å². The molecule has 6 aromatic rings. The Labute approximate surface area is 296 Å². The molecule has 0 radical (unpaired) electrons. The quantitative estimate of drug-likeness (QED) is 0.0785. The van der Waals surface area contributed by atoms with Crippen LogP contribution in [-0.4, -0.2) is 19.8 Å². The third-order valence-corrected chi connectivity index (χ3v) is 13.7. The second-order valence-electron chi connectivity index (χ2n) is 12.8. The van der Waals surface area contributed by atoms with E-state index in [1.165, 1.54) is 125 Å². The molecule has 4 heterocycles. The van der Waals surface area contributed by atoms with Gasteiger partial charge >= 0.3 is 0 Å². The number of benzene rings is 2. The molecule has 4 aromatic heterocycles. The van der Waals surface area contributed by atoms with E-state index in [0.29, 0.717) is 6.61 Å². The lowest BCUT2D eigenvalue weighted by molar-refractivity contribution is 0.306. The number of rotatable bonds is 19. The van der Waals surface area contributed by atoms with Crippen molar-refractivity contribution in [2.45, 2.75) is 112 Å². The minimum absolute atomic E-state index is 0.694. The Morgan fingerprint density at radius 2 is 1.19 bits per heavy atom. The van der Waals surface area contributed by atoms with Gasteiger partial charge in [-0.2, -0.15) is 0 Å². The van der Waals surface area contributed by atoms with Crippen LogP contribution in [0.5, 0.6) is 16.6 Å². The van der Waals surface area contributed by atoms with Gasteiger partial charge < -0.3 is 14.2 Å². The number of aryl methyl sites for hydroxylation is 2. The van der Waals surface area contributed by atoms with Crippen molar-refractivity contribution in [1.82, 2.24) is 0 Å². The zero-order valence-electron chi connectivity index (χ0n) is 28.9. The largest absolute Gasteiger partial charge is 0.492 e. The van der Waals surface area contributed by atoms with Gasteiger partial charge in [-0.15, -0.1) is 34.0 Å². The van der Waals surface area contributed by atoms with Gasteiger partial charge in [0.2, 0.25) is 0 Å². The van der Waals surface area contributed by atoms with Gasteiger partial charge in [-0.05, 0) is 63.3 Å². The summed E-state index contributed by atoms with van der Waals surface area (Å²) in [6, 6.07) is 11.7. The first-order valence-corrected chi connectivity index (χ1v) is 21.1. The molecule has 0 saturated carbocycles. The van der Waals surface area contributed by atoms with Crippen molar-refractivity contribution >= 4 is 86.4 Å². The summed E-state index contributed by atoms with van der Waals surface area (Å²) in [6.07, 6.45) is 15.1. The molecule has 0 aliphatic rings. The van der Waals surface area contributed by atoms with Gasteiger partial charge in [-0.25, -0.2) is 0 Å². The number of hydrogen-bond donors (Lipinski definition) is 0. The maximum absolute atomic E-state index is 6.76. The molecular weight excluding hydrogens is 657 g/mol. The molecule has 0 fully saturated rings. The maximum Gasteiger partial charge on any atom is 0.174 e. The molecule has 0 unspecified atom stereocenters. The van der Waals surface area contributed by atoms with Crippen LogP contribution in [0.2, 0.25) is 0 Å². The fourth-order valence-electron chi connectivity index (χ4n) is 6.55. The maximum atomic E-state index is 6.76. The molecule has 6 rings (SSSR count). The van der Waals surface area contributed by atoms with Crippen LogP contribution in [0.4, 0.5) is 0 Å². The molecule has 252 valence electrons. The molecule has 47 heavy (non-hydrogen) atoms. The highest BCUT2D eigenvalue weighted by atomic mass is 32.1. The zero-order valence-corrected chi connectivity index (χ0v) is 32.1. The summed E-state index contributed by atoms with van der Waals surface area (Å²) in [4.78, 5) is 5.33. The van der Waals surface area contributed by atoms with E-state index in [1.54, 1.807) is 11.3 Å². The Morgan fingerprint density at radius 1 is 0.532 bits per heavy atom. The van der Waals surface area contributed by atoms with Crippen LogP contribution in [0.3, 0.4) is 0 Å². The predicted molar refractivity (Wildman–Crippen MR) is 212 cm³/mol. The lowest BCUT2D eigenvalue weighted by atomic mass is 10.0. The van der Waals surface area contributed by atoms with Crippen LogP contribution in [0.15, 0.2) is 30.3 Å². The SMILES string of the molecule is CCCCCCCCOc1c2cc3sc(-c4sc(C)c5sc(OCC)cc45)cc3cc2c(OCCCCCCCC)c2sc(C)cc12. The Kier molecular flexibility index (Phi) is 12.0. The smallest absolute Gasteiger partial charge is 0.174 e. The number of hydrogen-bond acceptors (Lipinski definition) is 7. The van der Waals surface area contributed by atoms with Crippen LogP contribution in [-0.2, 0) is 0 Å². The molecule has 0 amide bonds. The van der Waals surface area contributed by atoms with Gasteiger partial charge in [-0.1, -0.05) is 89.4 Å². The summed E-state index contributed by atoms with van der Waals surface area (Å²) in [6.45, 7) is 13.3. The van der Waals surface area contributed by atoms with Crippen molar-refractivity contribution in [3.05, 3.63) is 40.1 Å². The van der Waals surface area contributed by atoms with E-state index in [2.05, 4.69) is 65.0 Å². The molecular formula is C40H50O3S4. The van der Waals surface area contributed by atoms with E-state index in [9.17, 15) is 0 Å². The van der Waals surface area contributed by atoms with E-state index < -0.39 is 0 Å². The van der Waals surface area contributed by atoms with Crippen molar-refractivity contribution < 1.29 is 14.2 Å². The number of unbranched alkanes of at least 4 members (excludes halogenated alkanes) is 10. The molecule has 3 nitrogen and oxygen atoms in total. The molecule has 0 spiro atoms. The summed E-state index contributed by atoms with van der Waals surface area (Å²) in [7, 11) is 0. The molecule has 0 aliphatic carbocycles. The minimum atomic E-state index is 0.694. The van der Waals surface area contributed by atoms with Crippen molar-refractivity contribution in [2.24, 2.45) is 0 Å². The third-order valence-electron chi connectivity index (χ3n) is 8.98. The summed E-state index contributed by atoms with van der Waals surface area (Å²) >= 11 is 7.41. The lowest BCUT2D eigenvalue weighted by Crippen LogP contribution is -2.01. The summed E-state index contributed by atoms with van der Waals surface area (Å²) in [5, 5.41) is 7.17. The zero-order chi connectivity index (χ0) is 32.8. The summed E-state index contributed by atoms with van der Waals surface area (Å²) < 4.78 is 23.3. The molecule has 0 saturated heterocycles. The monoisotopic (exact) mass is 706 g/mol. The number of thiophene rings is 4. The van der Waals surface area contributed by atoms with E-state index in [0.717, 1.165) is 42.6 Å². The standard InChI is InChI=1S/C40H50O3S4/c1-6-9-11-13-15-17-19-42-36-30-24-33-28(23-34(46-33)39-32-25-35(41-8-3)47-38(32)27(5)45-39)22-29(30)37(40-31(36)21-26(4)44-40)43-20-18-16-14-12-10-7-2/h21-25H,6-20H2,1-5H3. The van der Waals surface area contributed by atoms with Crippen molar-refractivity contribution in [3.8, 4) is 26.3 Å². The molecule has 0 N–H and O–H groups in total. The first-order chi connectivity index (χ1) is 23.0. The Hall–Kier alpha value is -2.32. The van der Waals surface area contributed by atoms with Gasteiger partial charge in [0.05, 0.1) is 34.1 Å². The predicted octanol–water partition coefficient (Wildman–Crippen LogP) is 14.7. The highest BCUT2D eigenvalue weighted by molar-refractivity contribution is 7.30. The van der Waals surface area contributed by atoms with Gasteiger partial charge in [0, 0.05) is 46.9 Å².